The number of unbranched alkanes of at least 4 members (excludes halogenated alkanes) is 2. The molecule has 16 heteroatoms. The van der Waals surface area contributed by atoms with E-state index in [2.05, 4.69) is 24.5 Å². The molecular weight excluding hydrogens is 757 g/mol. The fourth-order valence-electron chi connectivity index (χ4n) is 7.81. The first-order valence-corrected chi connectivity index (χ1v) is 22.7. The minimum atomic E-state index is -4.57. The van der Waals surface area contributed by atoms with Crippen LogP contribution in [0.2, 0.25) is 0 Å². The second-order valence-corrected chi connectivity index (χ2v) is 18.9. The second-order valence-electron chi connectivity index (χ2n) is 14.3. The number of rotatable bonds is 20. The monoisotopic (exact) mass is 807 g/mol. The Bertz CT molecular complexity index is 2180. The van der Waals surface area contributed by atoms with Crippen LogP contribution < -0.4 is 4.90 Å². The zero-order chi connectivity index (χ0) is 40.0. The SMILES string of the molecule is CCCC1(C)C(/C=C/C=C/C=C2/N(CCCCCC(=O)O)c3ccc(S(=O)(=O)O)cc3C2(C)CCCS(=O)(=O)O)=[N+](CCCS(=O)(=O)O)c2ccccc21. The van der Waals surface area contributed by atoms with Gasteiger partial charge in [0.25, 0.3) is 30.4 Å². The van der Waals surface area contributed by atoms with Crippen molar-refractivity contribution >= 4 is 53.4 Å². The normalized spacial score (nSPS) is 21.1. The number of hydrogen-bond acceptors (Lipinski definition) is 8. The van der Waals surface area contributed by atoms with Crippen LogP contribution in [0.3, 0.4) is 0 Å². The smallest absolute Gasteiger partial charge is 0.303 e. The molecule has 2 aromatic carbocycles. The lowest BCUT2D eigenvalue weighted by Gasteiger charge is -2.30. The predicted molar refractivity (Wildman–Crippen MR) is 209 cm³/mol. The van der Waals surface area contributed by atoms with Crippen molar-refractivity contribution in [1.29, 1.82) is 0 Å². The van der Waals surface area contributed by atoms with Crippen LogP contribution in [-0.4, -0.2) is 84.9 Å². The van der Waals surface area contributed by atoms with E-state index >= 15 is 0 Å². The van der Waals surface area contributed by atoms with Gasteiger partial charge < -0.3 is 10.0 Å². The van der Waals surface area contributed by atoms with E-state index in [9.17, 15) is 43.7 Å². The molecule has 2 unspecified atom stereocenters. The molecule has 2 atom stereocenters. The number of aliphatic carboxylic acids is 1. The van der Waals surface area contributed by atoms with Gasteiger partial charge >= 0.3 is 5.97 Å². The van der Waals surface area contributed by atoms with E-state index in [1.165, 1.54) is 12.1 Å². The van der Waals surface area contributed by atoms with Gasteiger partial charge in [0, 0.05) is 53.9 Å². The molecular formula is C38H51N2O11S3+. The lowest BCUT2D eigenvalue weighted by atomic mass is 9.76. The molecule has 2 heterocycles. The highest BCUT2D eigenvalue weighted by Gasteiger charge is 2.47. The van der Waals surface area contributed by atoms with Gasteiger partial charge in [-0.3, -0.25) is 18.5 Å². The molecule has 0 saturated carbocycles. The third kappa shape index (κ3) is 10.5. The predicted octanol–water partition coefficient (Wildman–Crippen LogP) is 6.45. The van der Waals surface area contributed by atoms with Crippen LogP contribution in [0.15, 0.2) is 83.4 Å². The van der Waals surface area contributed by atoms with Crippen molar-refractivity contribution in [1.82, 2.24) is 0 Å². The average Bonchev–Trinajstić information content (AvgIpc) is 3.43. The number of anilines is 1. The summed E-state index contributed by atoms with van der Waals surface area (Å²) in [6.45, 7) is 6.94. The molecule has 13 nitrogen and oxygen atoms in total. The summed E-state index contributed by atoms with van der Waals surface area (Å²) in [6, 6.07) is 12.3. The largest absolute Gasteiger partial charge is 0.481 e. The van der Waals surface area contributed by atoms with Gasteiger partial charge in [0.2, 0.25) is 5.69 Å². The van der Waals surface area contributed by atoms with E-state index in [1.54, 1.807) is 6.07 Å². The zero-order valence-corrected chi connectivity index (χ0v) is 33.3. The number of carbonyl (C=O) groups is 1. The van der Waals surface area contributed by atoms with E-state index in [-0.39, 0.29) is 41.7 Å². The Kier molecular flexibility index (Phi) is 13.9. The second kappa shape index (κ2) is 17.4. The third-order valence-corrected chi connectivity index (χ3v) is 12.7. The molecule has 2 aromatic rings. The van der Waals surface area contributed by atoms with Gasteiger partial charge in [0.1, 0.15) is 6.54 Å². The Balaban J connectivity index is 1.76. The zero-order valence-electron chi connectivity index (χ0n) is 30.9. The lowest BCUT2D eigenvalue weighted by Crippen LogP contribution is -2.31. The number of carboxylic acid groups (broad SMARTS) is 1. The molecule has 2 aliphatic heterocycles. The summed E-state index contributed by atoms with van der Waals surface area (Å²) >= 11 is 0. The van der Waals surface area contributed by atoms with Crippen molar-refractivity contribution in [3.05, 3.63) is 89.7 Å². The highest BCUT2D eigenvalue weighted by atomic mass is 32.2. The average molecular weight is 808 g/mol. The molecule has 0 bridgehead atoms. The number of benzene rings is 2. The van der Waals surface area contributed by atoms with Gasteiger partial charge in [-0.05, 0) is 75.8 Å². The van der Waals surface area contributed by atoms with Crippen LogP contribution in [0, 0.1) is 0 Å². The van der Waals surface area contributed by atoms with Crippen molar-refractivity contribution < 1.29 is 53.4 Å². The number of allylic oxidation sites excluding steroid dienone is 6. The Morgan fingerprint density at radius 1 is 0.796 bits per heavy atom. The summed E-state index contributed by atoms with van der Waals surface area (Å²) in [7, 11) is -13.0. The fraction of sp³-hybridized carbons (Fsp3) is 0.474. The first kappa shape index (κ1) is 43.1. The van der Waals surface area contributed by atoms with Gasteiger partial charge in [-0.2, -0.15) is 29.8 Å². The summed E-state index contributed by atoms with van der Waals surface area (Å²) in [5.74, 6) is -1.76. The van der Waals surface area contributed by atoms with Crippen molar-refractivity contribution in [2.24, 2.45) is 0 Å². The molecule has 2 aliphatic rings. The summed E-state index contributed by atoms with van der Waals surface area (Å²) < 4.78 is 102. The maximum Gasteiger partial charge on any atom is 0.303 e. The summed E-state index contributed by atoms with van der Waals surface area (Å²) in [5, 5.41) is 9.09. The quantitative estimate of drug-likeness (QED) is 0.0493. The molecule has 0 spiro atoms. The standard InChI is InChI=1S/C38H50N2O11S3/c1-4-22-37(2)30-15-10-11-16-32(30)40(25-14-27-53(46,47)48)34(37)17-7-5-8-18-35-38(3,23-13-26-52(43,44)45)31-28-29(54(49,50)51)20-21-33(31)39(35)24-12-6-9-19-36(41)42/h5,7-8,10-11,15-18,20-21,28H,4,6,9,12-14,19,22-27H2,1-3H3,(H3-,41,42,43,44,45,46,47,48,49,50,51)/p+1. The minimum Gasteiger partial charge on any atom is -0.481 e. The molecule has 0 saturated heterocycles. The van der Waals surface area contributed by atoms with Gasteiger partial charge in [-0.1, -0.05) is 56.2 Å². The Morgan fingerprint density at radius 2 is 1.48 bits per heavy atom. The van der Waals surface area contributed by atoms with Crippen LogP contribution in [0.25, 0.3) is 0 Å². The lowest BCUT2D eigenvalue weighted by molar-refractivity contribution is -0.437. The van der Waals surface area contributed by atoms with Crippen LogP contribution in [-0.2, 0) is 46.0 Å². The molecule has 296 valence electrons. The topological polar surface area (TPSA) is 207 Å². The van der Waals surface area contributed by atoms with Crippen molar-refractivity contribution in [2.45, 2.75) is 94.3 Å². The third-order valence-electron chi connectivity index (χ3n) is 10.3. The van der Waals surface area contributed by atoms with Crippen LogP contribution >= 0.6 is 0 Å². The number of carboxylic acids is 1. The Labute approximate surface area is 319 Å². The summed E-state index contributed by atoms with van der Waals surface area (Å²) in [4.78, 5) is 12.8. The van der Waals surface area contributed by atoms with Gasteiger partial charge in [0.05, 0.1) is 21.8 Å². The van der Waals surface area contributed by atoms with Crippen molar-refractivity contribution in [3.8, 4) is 0 Å². The molecule has 4 rings (SSSR count). The fourth-order valence-corrected chi connectivity index (χ4v) is 9.32. The molecule has 0 aromatic heterocycles. The maximum absolute atomic E-state index is 12.2. The van der Waals surface area contributed by atoms with E-state index in [0.717, 1.165) is 35.5 Å². The molecule has 54 heavy (non-hydrogen) atoms. The number of nitrogens with zero attached hydrogens (tertiary/aromatic N) is 2. The molecule has 0 fully saturated rings. The van der Waals surface area contributed by atoms with Gasteiger partial charge in [0.15, 0.2) is 5.71 Å². The first-order chi connectivity index (χ1) is 25.2. The minimum absolute atomic E-state index is 0.0266. The van der Waals surface area contributed by atoms with Crippen molar-refractivity contribution in [2.75, 3.05) is 29.5 Å². The van der Waals surface area contributed by atoms with Crippen molar-refractivity contribution in [3.63, 3.8) is 0 Å². The summed E-state index contributed by atoms with van der Waals surface area (Å²) in [6.07, 6.45) is 13.3. The van der Waals surface area contributed by atoms with Crippen LogP contribution in [0.5, 0.6) is 0 Å². The van der Waals surface area contributed by atoms with Gasteiger partial charge in [-0.25, -0.2) is 0 Å². The highest BCUT2D eigenvalue weighted by molar-refractivity contribution is 7.86. The molecule has 0 amide bonds. The van der Waals surface area contributed by atoms with E-state index in [4.69, 9.17) is 5.11 Å². The molecule has 4 N–H and O–H groups in total. The van der Waals surface area contributed by atoms with E-state index in [1.807, 2.05) is 60.4 Å². The highest BCUT2D eigenvalue weighted by Crippen LogP contribution is 2.51. The Hall–Kier alpha value is -3.67. The molecule has 0 aliphatic carbocycles. The summed E-state index contributed by atoms with van der Waals surface area (Å²) in [5.41, 5.74) is 3.71. The van der Waals surface area contributed by atoms with E-state index in [0.29, 0.717) is 43.6 Å². The van der Waals surface area contributed by atoms with Crippen LogP contribution in [0.1, 0.15) is 89.7 Å². The number of fused-ring (bicyclic) bond motifs is 2. The van der Waals surface area contributed by atoms with Crippen LogP contribution in [0.4, 0.5) is 11.4 Å². The first-order valence-electron chi connectivity index (χ1n) is 18.0. The van der Waals surface area contributed by atoms with E-state index < -0.39 is 47.5 Å². The van der Waals surface area contributed by atoms with Gasteiger partial charge in [-0.15, -0.1) is 0 Å². The number of para-hydroxylation sites is 1. The molecule has 0 radical (unpaired) electrons. The Morgan fingerprint density at radius 3 is 2.13 bits per heavy atom. The number of hydrogen-bond donors (Lipinski definition) is 4. The maximum atomic E-state index is 12.2.